The second-order valence-corrected chi connectivity index (χ2v) is 9.22. The minimum absolute atomic E-state index is 0.0384. The molecule has 5 rings (SSSR count). The molecule has 1 amide bonds. The van der Waals surface area contributed by atoms with Crippen LogP contribution in [0.5, 0.6) is 0 Å². The molecule has 1 saturated heterocycles. The van der Waals surface area contributed by atoms with Gasteiger partial charge in [0.2, 0.25) is 0 Å². The lowest BCUT2D eigenvalue weighted by atomic mass is 10.1. The zero-order valence-corrected chi connectivity index (χ0v) is 20.2. The normalized spacial score (nSPS) is 16.8. The first kappa shape index (κ1) is 24.8. The van der Waals surface area contributed by atoms with Crippen molar-refractivity contribution in [2.45, 2.75) is 51.7 Å². The van der Waals surface area contributed by atoms with Crippen LogP contribution < -0.4 is 16.2 Å². The van der Waals surface area contributed by atoms with Gasteiger partial charge in [0.25, 0.3) is 11.5 Å². The summed E-state index contributed by atoms with van der Waals surface area (Å²) < 4.78 is 0. The topological polar surface area (TPSA) is 128 Å². The predicted molar refractivity (Wildman–Crippen MR) is 136 cm³/mol. The molecule has 0 unspecified atom stereocenters. The van der Waals surface area contributed by atoms with E-state index in [2.05, 4.69) is 24.8 Å². The first-order chi connectivity index (χ1) is 16.9. The third-order valence-electron chi connectivity index (χ3n) is 6.68. The molecule has 0 atom stereocenters. The number of hydrogen-bond donors (Lipinski definition) is 3. The van der Waals surface area contributed by atoms with Gasteiger partial charge in [-0.05, 0) is 49.1 Å². The molecule has 2 aliphatic rings. The first-order valence-electron chi connectivity index (χ1n) is 12.3. The van der Waals surface area contributed by atoms with Crippen molar-refractivity contribution in [2.24, 2.45) is 5.73 Å². The molecule has 1 aliphatic heterocycles. The number of rotatable bonds is 5. The van der Waals surface area contributed by atoms with Crippen LogP contribution in [-0.2, 0) is 13.0 Å². The second kappa shape index (κ2) is 11.4. The van der Waals surface area contributed by atoms with Gasteiger partial charge in [0.15, 0.2) is 0 Å². The lowest BCUT2D eigenvalue weighted by Crippen LogP contribution is -2.46. The van der Waals surface area contributed by atoms with Gasteiger partial charge < -0.3 is 20.7 Å². The third-order valence-corrected chi connectivity index (χ3v) is 6.68. The van der Waals surface area contributed by atoms with Gasteiger partial charge in [-0.2, -0.15) is 0 Å². The van der Waals surface area contributed by atoms with Gasteiger partial charge >= 0.3 is 0 Å². The molecule has 3 aromatic heterocycles. The summed E-state index contributed by atoms with van der Waals surface area (Å²) in [6.45, 7) is 6.30. The minimum atomic E-state index is -0.516. The quantitative estimate of drug-likeness (QED) is 0.513. The summed E-state index contributed by atoms with van der Waals surface area (Å²) in [5, 5.41) is 8.73. The monoisotopic (exact) mass is 478 g/mol. The van der Waals surface area contributed by atoms with Gasteiger partial charge in [0.1, 0.15) is 5.69 Å². The number of aromatic nitrogens is 3. The third kappa shape index (κ3) is 6.43. The van der Waals surface area contributed by atoms with E-state index in [1.807, 2.05) is 31.3 Å². The Bertz CT molecular complexity index is 1200. The number of aromatic amines is 1. The number of carbonyl (C=O) groups is 1. The fourth-order valence-electron chi connectivity index (χ4n) is 4.56. The van der Waals surface area contributed by atoms with Crippen LogP contribution in [0.4, 0.5) is 5.69 Å². The number of nitrogens with zero attached hydrogens (tertiary/aromatic N) is 4. The van der Waals surface area contributed by atoms with Crippen molar-refractivity contribution >= 4 is 22.6 Å². The predicted octanol–water partition coefficient (Wildman–Crippen LogP) is 2.22. The number of piperazine rings is 1. The van der Waals surface area contributed by atoms with Crippen LogP contribution in [0.1, 0.15) is 54.2 Å². The second-order valence-electron chi connectivity index (χ2n) is 9.22. The Hall–Kier alpha value is -3.30. The average Bonchev–Trinajstić information content (AvgIpc) is 3.35. The van der Waals surface area contributed by atoms with E-state index in [1.165, 1.54) is 12.8 Å². The lowest BCUT2D eigenvalue weighted by Gasteiger charge is -2.36. The van der Waals surface area contributed by atoms with Gasteiger partial charge in [-0.25, -0.2) is 4.98 Å². The Morgan fingerprint density at radius 1 is 1.11 bits per heavy atom. The molecule has 4 heterocycles. The summed E-state index contributed by atoms with van der Waals surface area (Å²) in [5.74, 6) is -0.516. The maximum Gasteiger partial charge on any atom is 0.267 e. The molecule has 35 heavy (non-hydrogen) atoms. The maximum atomic E-state index is 12.1. The standard InChI is InChI=1S/C21H24N6O2.C5H10O/c1-2-15-10-18-19(25-21(15)29)9-14(11-23-18)13-26-5-7-27(8-6-26)16-3-4-17(20(22)28)24-12-16;6-5-3-1-2-4-5/h3-4,9-12H,2,5-8,13H2,1H3,(H2,22,28)(H,25,29);5-6H,1-4H2. The smallest absolute Gasteiger partial charge is 0.267 e. The van der Waals surface area contributed by atoms with Crippen molar-refractivity contribution in [3.63, 3.8) is 0 Å². The van der Waals surface area contributed by atoms with Crippen molar-refractivity contribution in [1.29, 1.82) is 0 Å². The Labute approximate surface area is 205 Å². The molecular weight excluding hydrogens is 444 g/mol. The van der Waals surface area contributed by atoms with Gasteiger partial charge in [-0.3, -0.25) is 19.5 Å². The van der Waals surface area contributed by atoms with Crippen LogP contribution in [-0.4, -0.2) is 63.1 Å². The molecule has 0 aromatic carbocycles. The molecule has 4 N–H and O–H groups in total. The number of anilines is 1. The van der Waals surface area contributed by atoms with E-state index in [4.69, 9.17) is 10.8 Å². The van der Waals surface area contributed by atoms with Crippen LogP contribution >= 0.6 is 0 Å². The van der Waals surface area contributed by atoms with E-state index in [0.717, 1.165) is 73.4 Å². The largest absolute Gasteiger partial charge is 0.393 e. The van der Waals surface area contributed by atoms with Crippen LogP contribution in [0.2, 0.25) is 0 Å². The summed E-state index contributed by atoms with van der Waals surface area (Å²) in [6, 6.07) is 7.43. The van der Waals surface area contributed by atoms with Crippen molar-refractivity contribution in [1.82, 2.24) is 19.9 Å². The van der Waals surface area contributed by atoms with Crippen LogP contribution in [0.3, 0.4) is 0 Å². The molecule has 9 nitrogen and oxygen atoms in total. The number of aryl methyl sites for hydroxylation is 1. The molecule has 2 fully saturated rings. The number of nitrogens with two attached hydrogens (primary N) is 1. The minimum Gasteiger partial charge on any atom is -0.393 e. The van der Waals surface area contributed by atoms with Crippen LogP contribution in [0, 0.1) is 0 Å². The Morgan fingerprint density at radius 3 is 2.43 bits per heavy atom. The highest BCUT2D eigenvalue weighted by molar-refractivity contribution is 5.90. The number of carbonyl (C=O) groups excluding carboxylic acids is 1. The number of fused-ring (bicyclic) bond motifs is 1. The SMILES string of the molecule is CCc1cc2ncc(CN3CCN(c4ccc(C(N)=O)nc4)CC3)cc2[nH]c1=O.OC1CCCC1. The molecule has 3 aromatic rings. The van der Waals surface area contributed by atoms with Crippen LogP contribution in [0.25, 0.3) is 11.0 Å². The number of H-pyrrole nitrogens is 1. The van der Waals surface area contributed by atoms with Crippen molar-refractivity contribution < 1.29 is 9.90 Å². The van der Waals surface area contributed by atoms with E-state index in [9.17, 15) is 9.59 Å². The fraction of sp³-hybridized carbons (Fsp3) is 0.462. The molecule has 186 valence electrons. The van der Waals surface area contributed by atoms with Gasteiger partial charge in [0.05, 0.1) is 29.0 Å². The summed E-state index contributed by atoms with van der Waals surface area (Å²) >= 11 is 0. The summed E-state index contributed by atoms with van der Waals surface area (Å²) in [7, 11) is 0. The molecule has 1 aliphatic carbocycles. The van der Waals surface area contributed by atoms with Crippen molar-refractivity contribution in [3.8, 4) is 0 Å². The number of amides is 1. The Kier molecular flexibility index (Phi) is 8.09. The van der Waals surface area contributed by atoms with Crippen molar-refractivity contribution in [2.75, 3.05) is 31.1 Å². The maximum absolute atomic E-state index is 12.1. The number of aliphatic hydroxyl groups is 1. The number of nitrogens with one attached hydrogen (secondary N) is 1. The summed E-state index contributed by atoms with van der Waals surface area (Å²) in [6.07, 6.45) is 8.88. The number of pyridine rings is 3. The van der Waals surface area contributed by atoms with E-state index in [-0.39, 0.29) is 17.4 Å². The highest BCUT2D eigenvalue weighted by Gasteiger charge is 2.18. The molecule has 0 bridgehead atoms. The van der Waals surface area contributed by atoms with Crippen LogP contribution in [0.15, 0.2) is 41.5 Å². The Balaban J connectivity index is 0.000000421. The van der Waals surface area contributed by atoms with Gasteiger partial charge in [-0.15, -0.1) is 0 Å². The number of primary amides is 1. The molecule has 1 saturated carbocycles. The zero-order valence-electron chi connectivity index (χ0n) is 20.2. The Morgan fingerprint density at radius 2 is 1.86 bits per heavy atom. The van der Waals surface area contributed by atoms with E-state index < -0.39 is 5.91 Å². The molecule has 0 spiro atoms. The number of hydrogen-bond acceptors (Lipinski definition) is 7. The highest BCUT2D eigenvalue weighted by atomic mass is 16.3. The lowest BCUT2D eigenvalue weighted by molar-refractivity contribution is 0.0995. The molecular formula is C26H34N6O3. The average molecular weight is 479 g/mol. The van der Waals surface area contributed by atoms with Gasteiger partial charge in [0, 0.05) is 44.5 Å². The van der Waals surface area contributed by atoms with Gasteiger partial charge in [-0.1, -0.05) is 19.8 Å². The molecule has 0 radical (unpaired) electrons. The van der Waals surface area contributed by atoms with E-state index in [0.29, 0.717) is 6.42 Å². The van der Waals surface area contributed by atoms with E-state index >= 15 is 0 Å². The fourth-order valence-corrected chi connectivity index (χ4v) is 4.56. The summed E-state index contributed by atoms with van der Waals surface area (Å²) in [4.78, 5) is 39.4. The summed E-state index contributed by atoms with van der Waals surface area (Å²) in [5.41, 5.74) is 9.92. The zero-order chi connectivity index (χ0) is 24.8. The van der Waals surface area contributed by atoms with E-state index in [1.54, 1.807) is 12.3 Å². The van der Waals surface area contributed by atoms with Crippen molar-refractivity contribution in [3.05, 3.63) is 63.8 Å². The highest BCUT2D eigenvalue weighted by Crippen LogP contribution is 2.18. The first-order valence-corrected chi connectivity index (χ1v) is 12.3. The number of aliphatic hydroxyl groups excluding tert-OH is 1. The molecule has 9 heteroatoms.